The number of benzene rings is 2. The molecule has 4 rings (SSSR count). The van der Waals surface area contributed by atoms with Crippen molar-refractivity contribution in [1.82, 2.24) is 19.6 Å². The number of hydrogen-bond donors (Lipinski definition) is 2. The summed E-state index contributed by atoms with van der Waals surface area (Å²) in [5.41, 5.74) is 3.44. The molecule has 0 bridgehead atoms. The second kappa shape index (κ2) is 9.11. The molecule has 0 amide bonds. The number of nitrogens with one attached hydrogen (secondary N) is 2. The van der Waals surface area contributed by atoms with Gasteiger partial charge in [0.25, 0.3) is 0 Å². The molecule has 0 radical (unpaired) electrons. The molecule has 0 atom stereocenters. The Morgan fingerprint density at radius 2 is 1.57 bits per heavy atom. The monoisotopic (exact) mass is 436 g/mol. The molecule has 0 saturated heterocycles. The van der Waals surface area contributed by atoms with E-state index in [1.54, 1.807) is 0 Å². The van der Waals surface area contributed by atoms with Crippen molar-refractivity contribution in [2.45, 2.75) is 20.0 Å². The largest absolute Gasteiger partial charge is 0.316 e. The van der Waals surface area contributed by atoms with E-state index in [0.29, 0.717) is 29.8 Å². The lowest BCUT2D eigenvalue weighted by molar-refractivity contribution is 0.689. The number of aryl methyl sites for hydroxylation is 1. The zero-order valence-corrected chi connectivity index (χ0v) is 18.0. The van der Waals surface area contributed by atoms with E-state index < -0.39 is 0 Å². The Balaban J connectivity index is 1.32. The minimum Gasteiger partial charge on any atom is -0.316 e. The Morgan fingerprint density at radius 3 is 2.23 bits per heavy atom. The van der Waals surface area contributed by atoms with Gasteiger partial charge in [-0.2, -0.15) is 10.2 Å². The highest BCUT2D eigenvalue weighted by Gasteiger charge is 2.06. The summed E-state index contributed by atoms with van der Waals surface area (Å²) in [4.78, 5) is 0. The molecule has 152 valence electrons. The number of anilines is 2. The first-order chi connectivity index (χ1) is 14.5. The Labute approximate surface area is 185 Å². The predicted octanol–water partition coefficient (Wildman–Crippen LogP) is 4.95. The molecular weight excluding hydrogens is 416 g/mol. The lowest BCUT2D eigenvalue weighted by Crippen LogP contribution is -2.20. The van der Waals surface area contributed by atoms with Gasteiger partial charge in [0.05, 0.1) is 13.1 Å². The molecule has 0 aliphatic heterocycles. The van der Waals surface area contributed by atoms with Gasteiger partial charge in [-0.25, -0.2) is 0 Å². The van der Waals surface area contributed by atoms with E-state index in [1.165, 1.54) is 11.1 Å². The van der Waals surface area contributed by atoms with Gasteiger partial charge >= 0.3 is 0 Å². The fourth-order valence-corrected chi connectivity index (χ4v) is 3.50. The van der Waals surface area contributed by atoms with Gasteiger partial charge in [-0.3, -0.25) is 9.36 Å². The zero-order chi connectivity index (χ0) is 20.9. The highest BCUT2D eigenvalue weighted by Crippen LogP contribution is 2.16. The maximum atomic E-state index is 6.22. The molecular formula is C22H21ClN6S. The van der Waals surface area contributed by atoms with E-state index in [9.17, 15) is 0 Å². The molecule has 30 heavy (non-hydrogen) atoms. The zero-order valence-electron chi connectivity index (χ0n) is 16.4. The quantitative estimate of drug-likeness (QED) is 0.419. The van der Waals surface area contributed by atoms with Crippen molar-refractivity contribution in [3.63, 3.8) is 0 Å². The number of aromatic nitrogens is 4. The molecule has 8 heteroatoms. The summed E-state index contributed by atoms with van der Waals surface area (Å²) >= 11 is 11.6. The van der Waals surface area contributed by atoms with Crippen molar-refractivity contribution in [2.24, 2.45) is 0 Å². The summed E-state index contributed by atoms with van der Waals surface area (Å²) < 4.78 is 3.68. The Morgan fingerprint density at radius 1 is 0.900 bits per heavy atom. The van der Waals surface area contributed by atoms with Crippen LogP contribution in [0.4, 0.5) is 11.6 Å². The molecule has 0 fully saturated rings. The topological polar surface area (TPSA) is 59.7 Å². The van der Waals surface area contributed by atoms with E-state index in [1.807, 2.05) is 58.2 Å². The van der Waals surface area contributed by atoms with E-state index in [2.05, 4.69) is 52.0 Å². The normalized spacial score (nSPS) is 10.7. The van der Waals surface area contributed by atoms with Crippen molar-refractivity contribution in [1.29, 1.82) is 0 Å². The molecule has 4 aromatic rings. The van der Waals surface area contributed by atoms with Gasteiger partial charge in [0.15, 0.2) is 16.7 Å². The lowest BCUT2D eigenvalue weighted by atomic mass is 10.1. The van der Waals surface area contributed by atoms with Gasteiger partial charge < -0.3 is 10.6 Å². The molecule has 2 N–H and O–H groups in total. The molecule has 0 unspecified atom stereocenters. The summed E-state index contributed by atoms with van der Waals surface area (Å²) in [5.74, 6) is 1.33. The summed E-state index contributed by atoms with van der Waals surface area (Å²) in [7, 11) is 0. The van der Waals surface area contributed by atoms with E-state index in [0.717, 1.165) is 10.6 Å². The van der Waals surface area contributed by atoms with Crippen molar-refractivity contribution in [3.8, 4) is 0 Å². The maximum Gasteiger partial charge on any atom is 0.177 e. The first-order valence-electron chi connectivity index (χ1n) is 9.49. The number of halogens is 1. The second-order valence-electron chi connectivity index (χ2n) is 6.96. The fraction of sp³-hybridized carbons (Fsp3) is 0.136. The van der Waals surface area contributed by atoms with Crippen LogP contribution in [-0.2, 0) is 13.1 Å². The van der Waals surface area contributed by atoms with Crippen LogP contribution >= 0.6 is 23.8 Å². The van der Waals surface area contributed by atoms with Crippen LogP contribution in [0, 0.1) is 6.92 Å². The van der Waals surface area contributed by atoms with Crippen molar-refractivity contribution in [2.75, 3.05) is 10.6 Å². The molecule has 0 saturated carbocycles. The molecule has 6 nitrogen and oxygen atoms in total. The SMILES string of the molecule is Cc1cccc(Cn2ccc(NC(=S)Nc3ccn(Cc4ccccc4Cl)n3)n2)c1. The molecule has 2 aromatic heterocycles. The average Bonchev–Trinajstić information content (AvgIpc) is 3.33. The Bertz CT molecular complexity index is 1170. The molecule has 0 spiro atoms. The second-order valence-corrected chi connectivity index (χ2v) is 7.77. The van der Waals surface area contributed by atoms with Crippen molar-refractivity contribution in [3.05, 3.63) is 94.8 Å². The highest BCUT2D eigenvalue weighted by molar-refractivity contribution is 7.80. The number of nitrogens with zero attached hydrogens (tertiary/aromatic N) is 4. The van der Waals surface area contributed by atoms with E-state index in [4.69, 9.17) is 23.8 Å². The fourth-order valence-electron chi connectivity index (χ4n) is 3.10. The minimum atomic E-state index is 0.429. The third-order valence-electron chi connectivity index (χ3n) is 4.48. The minimum absolute atomic E-state index is 0.429. The molecule has 0 aliphatic rings. The third kappa shape index (κ3) is 5.25. The van der Waals surface area contributed by atoms with Crippen molar-refractivity contribution < 1.29 is 0 Å². The van der Waals surface area contributed by atoms with Crippen LogP contribution in [0.3, 0.4) is 0 Å². The van der Waals surface area contributed by atoms with Gasteiger partial charge in [-0.15, -0.1) is 0 Å². The lowest BCUT2D eigenvalue weighted by Gasteiger charge is -2.07. The predicted molar refractivity (Wildman–Crippen MR) is 125 cm³/mol. The summed E-state index contributed by atoms with van der Waals surface area (Å²) in [5, 5.41) is 16.3. The van der Waals surface area contributed by atoms with Crippen LogP contribution < -0.4 is 10.6 Å². The molecule has 0 aliphatic carbocycles. The first-order valence-corrected chi connectivity index (χ1v) is 10.3. The van der Waals surface area contributed by atoms with Crippen LogP contribution in [0.2, 0.25) is 5.02 Å². The molecule has 2 aromatic carbocycles. The highest BCUT2D eigenvalue weighted by atomic mass is 35.5. The van der Waals surface area contributed by atoms with Gasteiger partial charge in [-0.1, -0.05) is 59.6 Å². The Kier molecular flexibility index (Phi) is 6.11. The summed E-state index contributed by atoms with van der Waals surface area (Å²) in [6.07, 6.45) is 3.80. The van der Waals surface area contributed by atoms with Gasteiger partial charge in [0.2, 0.25) is 0 Å². The standard InChI is InChI=1S/C22H21ClN6S/c1-16-5-4-6-17(13-16)14-28-11-9-20(26-28)24-22(30)25-21-10-12-29(27-21)15-18-7-2-3-8-19(18)23/h2-13H,14-15H2,1H3,(H2,24,25,26,27,30). The van der Waals surface area contributed by atoms with Gasteiger partial charge in [0, 0.05) is 29.5 Å². The van der Waals surface area contributed by atoms with Crippen LogP contribution in [0.25, 0.3) is 0 Å². The average molecular weight is 437 g/mol. The number of hydrogen-bond acceptors (Lipinski definition) is 3. The van der Waals surface area contributed by atoms with E-state index >= 15 is 0 Å². The van der Waals surface area contributed by atoms with Gasteiger partial charge in [-0.05, 0) is 36.3 Å². The maximum absolute atomic E-state index is 6.22. The van der Waals surface area contributed by atoms with Crippen molar-refractivity contribution >= 4 is 40.6 Å². The summed E-state index contributed by atoms with van der Waals surface area (Å²) in [6, 6.07) is 19.9. The Hall–Kier alpha value is -3.16. The molecule has 2 heterocycles. The van der Waals surface area contributed by atoms with Gasteiger partial charge in [0.1, 0.15) is 0 Å². The summed E-state index contributed by atoms with van der Waals surface area (Å²) in [6.45, 7) is 3.38. The van der Waals surface area contributed by atoms with E-state index in [-0.39, 0.29) is 0 Å². The van der Waals surface area contributed by atoms with Crippen LogP contribution in [0.15, 0.2) is 73.1 Å². The number of rotatable bonds is 6. The van der Waals surface area contributed by atoms with Crippen LogP contribution in [0.5, 0.6) is 0 Å². The van der Waals surface area contributed by atoms with Crippen LogP contribution in [-0.4, -0.2) is 24.7 Å². The first kappa shape index (κ1) is 20.1. The smallest absolute Gasteiger partial charge is 0.177 e. The number of thiocarbonyl (C=S) groups is 1. The third-order valence-corrected chi connectivity index (χ3v) is 5.05. The van der Waals surface area contributed by atoms with Crippen LogP contribution in [0.1, 0.15) is 16.7 Å².